The second-order valence-electron chi connectivity index (χ2n) is 3.51. The number of aromatic nitrogens is 4. The molecule has 0 aliphatic rings. The zero-order valence-electron chi connectivity index (χ0n) is 9.30. The fraction of sp³-hybridized carbons (Fsp3) is 0.444. The molecule has 0 aliphatic heterocycles. The summed E-state index contributed by atoms with van der Waals surface area (Å²) in [6.45, 7) is 0.226. The number of nitrogens with zero attached hydrogens (tertiary/aromatic N) is 4. The molecule has 0 saturated heterocycles. The minimum absolute atomic E-state index is 0.226. The van der Waals surface area contributed by atoms with Crippen LogP contribution in [0.15, 0.2) is 15.9 Å². The minimum Gasteiger partial charge on any atom is -0.364 e. The van der Waals surface area contributed by atoms with Crippen LogP contribution >= 0.6 is 0 Å². The van der Waals surface area contributed by atoms with Gasteiger partial charge in [0.25, 0.3) is 5.56 Å². The van der Waals surface area contributed by atoms with E-state index in [0.29, 0.717) is 11.2 Å². The Morgan fingerprint density at radius 1 is 1.31 bits per heavy atom. The van der Waals surface area contributed by atoms with Crippen molar-refractivity contribution < 1.29 is 4.74 Å². The maximum atomic E-state index is 11.9. The smallest absolute Gasteiger partial charge is 0.332 e. The molecule has 2 rings (SSSR count). The van der Waals surface area contributed by atoms with Crippen molar-refractivity contribution >= 4 is 11.2 Å². The van der Waals surface area contributed by atoms with Crippen molar-refractivity contribution in [1.82, 2.24) is 18.7 Å². The van der Waals surface area contributed by atoms with Crippen LogP contribution in [0.5, 0.6) is 0 Å². The molecule has 16 heavy (non-hydrogen) atoms. The molecule has 0 bridgehead atoms. The summed E-state index contributed by atoms with van der Waals surface area (Å²) in [5.41, 5.74) is -0.0237. The van der Waals surface area contributed by atoms with Crippen LogP contribution in [0.4, 0.5) is 0 Å². The van der Waals surface area contributed by atoms with Crippen molar-refractivity contribution in [2.75, 3.05) is 7.11 Å². The van der Waals surface area contributed by atoms with Crippen molar-refractivity contribution in [1.29, 1.82) is 0 Å². The normalized spacial score (nSPS) is 11.2. The zero-order chi connectivity index (χ0) is 11.9. The molecule has 0 amide bonds. The van der Waals surface area contributed by atoms with Gasteiger partial charge in [-0.05, 0) is 0 Å². The summed E-state index contributed by atoms with van der Waals surface area (Å²) in [6.07, 6.45) is 1.48. The number of imidazole rings is 1. The van der Waals surface area contributed by atoms with Crippen molar-refractivity contribution in [3.8, 4) is 0 Å². The lowest BCUT2D eigenvalue weighted by Gasteiger charge is -2.05. The van der Waals surface area contributed by atoms with E-state index in [-0.39, 0.29) is 18.0 Å². The monoisotopic (exact) mass is 224 g/mol. The van der Waals surface area contributed by atoms with Gasteiger partial charge in [0.2, 0.25) is 0 Å². The van der Waals surface area contributed by atoms with E-state index in [1.165, 1.54) is 25.1 Å². The Labute approximate surface area is 90.5 Å². The lowest BCUT2D eigenvalue weighted by molar-refractivity contribution is 0.134. The van der Waals surface area contributed by atoms with Crippen molar-refractivity contribution in [2.45, 2.75) is 6.73 Å². The number of methoxy groups -OCH3 is 1. The molecule has 0 aliphatic carbocycles. The lowest BCUT2D eigenvalue weighted by Crippen LogP contribution is -2.37. The molecule has 0 saturated carbocycles. The van der Waals surface area contributed by atoms with Crippen LogP contribution < -0.4 is 11.2 Å². The van der Waals surface area contributed by atoms with Crippen LogP contribution in [-0.2, 0) is 25.6 Å². The molecule has 0 spiro atoms. The molecule has 0 unspecified atom stereocenters. The summed E-state index contributed by atoms with van der Waals surface area (Å²) in [6, 6.07) is 0. The number of hydrogen-bond acceptors (Lipinski definition) is 4. The molecular formula is C9H12N4O3. The van der Waals surface area contributed by atoms with Crippen LogP contribution in [0.25, 0.3) is 11.2 Å². The van der Waals surface area contributed by atoms with Gasteiger partial charge in [-0.2, -0.15) is 0 Å². The SMILES string of the molecule is COCn1cnc2c1c(=O)n(C)c(=O)n2C. The molecule has 7 nitrogen and oxygen atoms in total. The molecule has 2 aromatic rings. The summed E-state index contributed by atoms with van der Waals surface area (Å²) in [7, 11) is 4.54. The van der Waals surface area contributed by atoms with Gasteiger partial charge in [0.1, 0.15) is 6.73 Å². The van der Waals surface area contributed by atoms with Crippen molar-refractivity contribution in [2.24, 2.45) is 14.1 Å². The third-order valence-corrected chi connectivity index (χ3v) is 2.49. The quantitative estimate of drug-likeness (QED) is 0.658. The molecule has 2 heterocycles. The molecule has 86 valence electrons. The first-order chi connectivity index (χ1) is 7.57. The molecule has 0 atom stereocenters. The second kappa shape index (κ2) is 3.60. The summed E-state index contributed by atoms with van der Waals surface area (Å²) >= 11 is 0. The van der Waals surface area contributed by atoms with E-state index in [1.807, 2.05) is 0 Å². The van der Waals surface area contributed by atoms with Gasteiger partial charge in [0.15, 0.2) is 11.2 Å². The van der Waals surface area contributed by atoms with E-state index < -0.39 is 0 Å². The maximum Gasteiger partial charge on any atom is 0.332 e. The summed E-state index contributed by atoms with van der Waals surface area (Å²) in [5, 5.41) is 0. The maximum absolute atomic E-state index is 11.9. The number of aryl methyl sites for hydroxylation is 1. The first-order valence-electron chi connectivity index (χ1n) is 4.67. The molecule has 0 radical (unpaired) electrons. The Morgan fingerprint density at radius 3 is 2.62 bits per heavy atom. The van der Waals surface area contributed by atoms with Gasteiger partial charge in [-0.25, -0.2) is 9.78 Å². The highest BCUT2D eigenvalue weighted by Gasteiger charge is 2.13. The van der Waals surface area contributed by atoms with E-state index in [9.17, 15) is 9.59 Å². The number of fused-ring (bicyclic) bond motifs is 1. The Morgan fingerprint density at radius 2 is 2.00 bits per heavy atom. The van der Waals surface area contributed by atoms with E-state index in [0.717, 1.165) is 4.57 Å². The van der Waals surface area contributed by atoms with Crippen LogP contribution in [0.1, 0.15) is 0 Å². The Kier molecular flexibility index (Phi) is 2.39. The topological polar surface area (TPSA) is 71.1 Å². The number of ether oxygens (including phenoxy) is 1. The lowest BCUT2D eigenvalue weighted by atomic mass is 10.5. The van der Waals surface area contributed by atoms with Crippen LogP contribution in [0.2, 0.25) is 0 Å². The second-order valence-corrected chi connectivity index (χ2v) is 3.51. The van der Waals surface area contributed by atoms with Gasteiger partial charge in [0.05, 0.1) is 6.33 Å². The Hall–Kier alpha value is -1.89. The van der Waals surface area contributed by atoms with Crippen LogP contribution in [0, 0.1) is 0 Å². The summed E-state index contributed by atoms with van der Waals surface area (Å²) < 4.78 is 8.90. The number of hydrogen-bond donors (Lipinski definition) is 0. The Bertz CT molecular complexity index is 649. The Balaban J connectivity index is 2.95. The molecule has 0 aromatic carbocycles. The predicted molar refractivity (Wildman–Crippen MR) is 57.2 cm³/mol. The molecule has 0 N–H and O–H groups in total. The van der Waals surface area contributed by atoms with Gasteiger partial charge in [0, 0.05) is 21.2 Å². The molecular weight excluding hydrogens is 212 g/mol. The van der Waals surface area contributed by atoms with Crippen molar-refractivity contribution in [3.63, 3.8) is 0 Å². The zero-order valence-corrected chi connectivity index (χ0v) is 9.30. The number of rotatable bonds is 2. The third-order valence-electron chi connectivity index (χ3n) is 2.49. The van der Waals surface area contributed by atoms with E-state index >= 15 is 0 Å². The first kappa shape index (κ1) is 10.6. The average Bonchev–Trinajstić information content (AvgIpc) is 2.68. The summed E-state index contributed by atoms with van der Waals surface area (Å²) in [5.74, 6) is 0. The van der Waals surface area contributed by atoms with Gasteiger partial charge < -0.3 is 9.30 Å². The first-order valence-corrected chi connectivity index (χ1v) is 4.67. The fourth-order valence-electron chi connectivity index (χ4n) is 1.63. The molecule has 7 heteroatoms. The highest BCUT2D eigenvalue weighted by Crippen LogP contribution is 2.04. The van der Waals surface area contributed by atoms with Crippen molar-refractivity contribution in [3.05, 3.63) is 27.2 Å². The van der Waals surface area contributed by atoms with Crippen LogP contribution in [-0.4, -0.2) is 25.8 Å². The fourth-order valence-corrected chi connectivity index (χ4v) is 1.63. The largest absolute Gasteiger partial charge is 0.364 e. The van der Waals surface area contributed by atoms with Gasteiger partial charge in [-0.15, -0.1) is 0 Å². The third kappa shape index (κ3) is 1.28. The summed E-state index contributed by atoms with van der Waals surface area (Å²) in [4.78, 5) is 27.5. The van der Waals surface area contributed by atoms with Gasteiger partial charge in [-0.1, -0.05) is 0 Å². The highest BCUT2D eigenvalue weighted by molar-refractivity contribution is 5.69. The average molecular weight is 224 g/mol. The van der Waals surface area contributed by atoms with E-state index in [2.05, 4.69) is 4.98 Å². The van der Waals surface area contributed by atoms with Crippen LogP contribution in [0.3, 0.4) is 0 Å². The van der Waals surface area contributed by atoms with Gasteiger partial charge in [-0.3, -0.25) is 13.9 Å². The molecule has 0 fully saturated rings. The highest BCUT2D eigenvalue weighted by atomic mass is 16.5. The predicted octanol–water partition coefficient (Wildman–Crippen LogP) is -0.962. The molecule has 2 aromatic heterocycles. The van der Waals surface area contributed by atoms with E-state index in [1.54, 1.807) is 11.6 Å². The van der Waals surface area contributed by atoms with E-state index in [4.69, 9.17) is 4.74 Å². The standard InChI is InChI=1S/C9H12N4O3/c1-11-7-6(8(14)12(2)9(11)15)13(4-10-7)5-16-3/h4H,5H2,1-3H3. The minimum atomic E-state index is -0.389. The van der Waals surface area contributed by atoms with Gasteiger partial charge >= 0.3 is 5.69 Å².